The van der Waals surface area contributed by atoms with Crippen LogP contribution in [0, 0.1) is 11.3 Å². The first-order chi connectivity index (χ1) is 6.77. The summed E-state index contributed by atoms with van der Waals surface area (Å²) in [6.45, 7) is -2.11. The predicted molar refractivity (Wildman–Crippen MR) is 44.3 cm³/mol. The first-order valence-electron chi connectivity index (χ1n) is 3.75. The fourth-order valence-electron chi connectivity index (χ4n) is 0.593. The SMILES string of the molecule is N#CCS(=O)(=O)NCCOCC(F)(F)F. The van der Waals surface area contributed by atoms with Gasteiger partial charge in [-0.25, -0.2) is 13.1 Å². The summed E-state index contributed by atoms with van der Waals surface area (Å²) in [4.78, 5) is 0. The normalized spacial score (nSPS) is 12.4. The van der Waals surface area contributed by atoms with Crippen molar-refractivity contribution in [2.75, 3.05) is 25.5 Å². The average Bonchev–Trinajstić information content (AvgIpc) is 2.00. The second kappa shape index (κ2) is 5.89. The van der Waals surface area contributed by atoms with Gasteiger partial charge in [0.05, 0.1) is 12.7 Å². The van der Waals surface area contributed by atoms with E-state index in [0.717, 1.165) is 0 Å². The maximum Gasteiger partial charge on any atom is 0.411 e. The Morgan fingerprint density at radius 3 is 2.47 bits per heavy atom. The van der Waals surface area contributed by atoms with Gasteiger partial charge in [0.1, 0.15) is 6.61 Å². The number of rotatable bonds is 6. The van der Waals surface area contributed by atoms with Crippen molar-refractivity contribution in [1.82, 2.24) is 4.72 Å². The Morgan fingerprint density at radius 1 is 1.40 bits per heavy atom. The zero-order valence-electron chi connectivity index (χ0n) is 7.54. The van der Waals surface area contributed by atoms with E-state index in [1.54, 1.807) is 0 Å². The van der Waals surface area contributed by atoms with E-state index >= 15 is 0 Å². The van der Waals surface area contributed by atoms with Gasteiger partial charge in [0.2, 0.25) is 10.0 Å². The first kappa shape index (κ1) is 14.2. The first-order valence-corrected chi connectivity index (χ1v) is 5.41. The number of hydrogen-bond donors (Lipinski definition) is 1. The predicted octanol–water partition coefficient (Wildman–Crippen LogP) is 0.00828. The molecule has 0 bridgehead atoms. The number of sulfonamides is 1. The van der Waals surface area contributed by atoms with Crippen LogP contribution in [-0.2, 0) is 14.8 Å². The summed E-state index contributed by atoms with van der Waals surface area (Å²) in [7, 11) is -3.72. The molecule has 0 aromatic rings. The van der Waals surface area contributed by atoms with Crippen molar-refractivity contribution in [3.05, 3.63) is 0 Å². The quantitative estimate of drug-likeness (QED) is 0.669. The molecule has 1 N–H and O–H groups in total. The molecule has 0 aromatic carbocycles. The van der Waals surface area contributed by atoms with Crippen LogP contribution in [0.4, 0.5) is 13.2 Å². The number of halogens is 3. The maximum absolute atomic E-state index is 11.5. The number of nitriles is 1. The van der Waals surface area contributed by atoms with Gasteiger partial charge < -0.3 is 4.74 Å². The van der Waals surface area contributed by atoms with Gasteiger partial charge in [-0.05, 0) is 0 Å². The fourth-order valence-corrected chi connectivity index (χ4v) is 1.26. The van der Waals surface area contributed by atoms with Crippen LogP contribution >= 0.6 is 0 Å². The van der Waals surface area contributed by atoms with Gasteiger partial charge in [0, 0.05) is 6.54 Å². The highest BCUT2D eigenvalue weighted by Crippen LogP contribution is 2.13. The molecular formula is C6H9F3N2O3S. The van der Waals surface area contributed by atoms with E-state index in [1.807, 2.05) is 4.72 Å². The number of ether oxygens (including phenoxy) is 1. The highest BCUT2D eigenvalue weighted by atomic mass is 32.2. The average molecular weight is 246 g/mol. The zero-order chi connectivity index (χ0) is 11.9. The van der Waals surface area contributed by atoms with Gasteiger partial charge in [-0.15, -0.1) is 0 Å². The van der Waals surface area contributed by atoms with Crippen molar-refractivity contribution in [3.8, 4) is 6.07 Å². The smallest absolute Gasteiger partial charge is 0.371 e. The molecule has 0 saturated carbocycles. The molecule has 0 saturated heterocycles. The molecule has 0 aliphatic carbocycles. The van der Waals surface area contributed by atoms with Crippen molar-refractivity contribution in [2.24, 2.45) is 0 Å². The van der Waals surface area contributed by atoms with Crippen LogP contribution in [0.3, 0.4) is 0 Å². The van der Waals surface area contributed by atoms with E-state index in [2.05, 4.69) is 4.74 Å². The van der Waals surface area contributed by atoms with Crippen molar-refractivity contribution < 1.29 is 26.3 Å². The molecule has 9 heteroatoms. The molecule has 5 nitrogen and oxygen atoms in total. The molecule has 0 atom stereocenters. The van der Waals surface area contributed by atoms with Crippen molar-refractivity contribution in [2.45, 2.75) is 6.18 Å². The summed E-state index contributed by atoms with van der Waals surface area (Å²) in [5.74, 6) is -0.730. The van der Waals surface area contributed by atoms with E-state index in [9.17, 15) is 21.6 Å². The molecule has 88 valence electrons. The molecular weight excluding hydrogens is 237 g/mol. The van der Waals surface area contributed by atoms with Crippen molar-refractivity contribution in [1.29, 1.82) is 5.26 Å². The maximum atomic E-state index is 11.5. The standard InChI is InChI=1S/C6H9F3N2O3S/c7-6(8,9)5-14-3-2-11-15(12,13)4-1-10/h11H,2-5H2. The Kier molecular flexibility index (Phi) is 5.56. The van der Waals surface area contributed by atoms with Crippen molar-refractivity contribution >= 4 is 10.0 Å². The van der Waals surface area contributed by atoms with Crippen LogP contribution in [0.15, 0.2) is 0 Å². The molecule has 0 aliphatic rings. The van der Waals surface area contributed by atoms with Gasteiger partial charge >= 0.3 is 6.18 Å². The Bertz CT molecular complexity index is 319. The summed E-state index contributed by atoms with van der Waals surface area (Å²) in [5.41, 5.74) is 0. The minimum Gasteiger partial charge on any atom is -0.371 e. The van der Waals surface area contributed by atoms with Gasteiger partial charge in [-0.1, -0.05) is 0 Å². The fraction of sp³-hybridized carbons (Fsp3) is 0.833. The molecule has 0 radical (unpaired) electrons. The van der Waals surface area contributed by atoms with Crippen LogP contribution in [0.5, 0.6) is 0 Å². The Balaban J connectivity index is 3.61. The minimum atomic E-state index is -4.43. The minimum absolute atomic E-state index is 0.292. The second-order valence-corrected chi connectivity index (χ2v) is 4.29. The van der Waals surface area contributed by atoms with Crippen LogP contribution in [0.2, 0.25) is 0 Å². The highest BCUT2D eigenvalue weighted by molar-refractivity contribution is 7.89. The lowest BCUT2D eigenvalue weighted by atomic mass is 10.7. The van der Waals surface area contributed by atoms with E-state index in [4.69, 9.17) is 5.26 Å². The molecule has 0 unspecified atom stereocenters. The van der Waals surface area contributed by atoms with Gasteiger partial charge in [-0.3, -0.25) is 0 Å². The molecule has 0 heterocycles. The monoisotopic (exact) mass is 246 g/mol. The molecule has 15 heavy (non-hydrogen) atoms. The molecule has 0 aromatic heterocycles. The third-order valence-electron chi connectivity index (χ3n) is 1.09. The molecule has 0 spiro atoms. The van der Waals surface area contributed by atoms with Gasteiger partial charge in [-0.2, -0.15) is 18.4 Å². The summed E-state index contributed by atoms with van der Waals surface area (Å²) in [6, 6.07) is 1.40. The van der Waals surface area contributed by atoms with Crippen LogP contribution in [0.1, 0.15) is 0 Å². The third-order valence-corrected chi connectivity index (χ3v) is 2.24. The van der Waals surface area contributed by atoms with Gasteiger partial charge in [0.15, 0.2) is 5.75 Å². The van der Waals surface area contributed by atoms with E-state index in [0.29, 0.717) is 0 Å². The third kappa shape index (κ3) is 9.45. The van der Waals surface area contributed by atoms with E-state index in [-0.39, 0.29) is 6.54 Å². The summed E-state index contributed by atoms with van der Waals surface area (Å²) < 4.78 is 62.2. The Morgan fingerprint density at radius 2 is 2.00 bits per heavy atom. The lowest BCUT2D eigenvalue weighted by molar-refractivity contribution is -0.173. The Labute approximate surface area is 84.9 Å². The lowest BCUT2D eigenvalue weighted by Gasteiger charge is -2.07. The summed E-state index contributed by atoms with van der Waals surface area (Å²) in [5, 5.41) is 8.06. The number of hydrogen-bond acceptors (Lipinski definition) is 4. The van der Waals surface area contributed by atoms with Crippen LogP contribution in [0.25, 0.3) is 0 Å². The van der Waals surface area contributed by atoms with Crippen molar-refractivity contribution in [3.63, 3.8) is 0 Å². The largest absolute Gasteiger partial charge is 0.411 e. The molecule has 0 rings (SSSR count). The zero-order valence-corrected chi connectivity index (χ0v) is 8.36. The molecule has 0 amide bonds. The van der Waals surface area contributed by atoms with E-state index < -0.39 is 35.2 Å². The van der Waals surface area contributed by atoms with Crippen LogP contribution < -0.4 is 4.72 Å². The topological polar surface area (TPSA) is 79.2 Å². The van der Waals surface area contributed by atoms with E-state index in [1.165, 1.54) is 6.07 Å². The number of nitrogens with one attached hydrogen (secondary N) is 1. The second-order valence-electron chi connectivity index (χ2n) is 2.48. The van der Waals surface area contributed by atoms with Gasteiger partial charge in [0.25, 0.3) is 0 Å². The highest BCUT2D eigenvalue weighted by Gasteiger charge is 2.27. The molecule has 0 fully saturated rings. The number of nitrogens with zero attached hydrogens (tertiary/aromatic N) is 1. The van der Waals surface area contributed by atoms with Crippen LogP contribution in [-0.4, -0.2) is 40.1 Å². The number of alkyl halides is 3. The Hall–Kier alpha value is -0.850. The lowest BCUT2D eigenvalue weighted by Crippen LogP contribution is -2.30. The molecule has 0 aliphatic heterocycles. The summed E-state index contributed by atoms with van der Waals surface area (Å²) >= 11 is 0. The summed E-state index contributed by atoms with van der Waals surface area (Å²) in [6.07, 6.45) is -4.43.